The summed E-state index contributed by atoms with van der Waals surface area (Å²) < 4.78 is 31.4. The SMILES string of the molecule is CC1Cc2ccccc2N1C(=O)COC(=O)CCNC(=O)c1ccc(F)cc1F. The van der Waals surface area contributed by atoms with Gasteiger partial charge in [-0.15, -0.1) is 0 Å². The number of ether oxygens (including phenoxy) is 1. The highest BCUT2D eigenvalue weighted by molar-refractivity contribution is 5.98. The molecule has 152 valence electrons. The van der Waals surface area contributed by atoms with Crippen LogP contribution in [0.1, 0.15) is 29.3 Å². The number of hydrogen-bond donors (Lipinski definition) is 1. The Morgan fingerprint density at radius 1 is 1.17 bits per heavy atom. The molecule has 1 aliphatic heterocycles. The number of nitrogens with zero attached hydrogens (tertiary/aromatic N) is 1. The van der Waals surface area contributed by atoms with Gasteiger partial charge in [0.1, 0.15) is 11.6 Å². The first-order valence-electron chi connectivity index (χ1n) is 9.15. The number of hydrogen-bond acceptors (Lipinski definition) is 4. The zero-order chi connectivity index (χ0) is 21.0. The molecule has 0 saturated heterocycles. The number of fused-ring (bicyclic) bond motifs is 1. The Morgan fingerprint density at radius 2 is 1.93 bits per heavy atom. The summed E-state index contributed by atoms with van der Waals surface area (Å²) in [7, 11) is 0. The van der Waals surface area contributed by atoms with E-state index in [9.17, 15) is 23.2 Å². The number of halogens is 2. The molecule has 2 aromatic carbocycles. The lowest BCUT2D eigenvalue weighted by Crippen LogP contribution is -2.39. The van der Waals surface area contributed by atoms with Crippen molar-refractivity contribution in [3.63, 3.8) is 0 Å². The van der Waals surface area contributed by atoms with E-state index in [0.29, 0.717) is 6.07 Å². The Labute approximate surface area is 166 Å². The van der Waals surface area contributed by atoms with Crippen molar-refractivity contribution in [2.75, 3.05) is 18.1 Å². The highest BCUT2D eigenvalue weighted by Gasteiger charge is 2.30. The Kier molecular flexibility index (Phi) is 6.21. The molecule has 29 heavy (non-hydrogen) atoms. The highest BCUT2D eigenvalue weighted by atomic mass is 19.1. The second-order valence-corrected chi connectivity index (χ2v) is 6.74. The van der Waals surface area contributed by atoms with Crippen LogP contribution in [0.25, 0.3) is 0 Å². The molecule has 3 rings (SSSR count). The Bertz CT molecular complexity index is 948. The first-order chi connectivity index (χ1) is 13.9. The second kappa shape index (κ2) is 8.81. The van der Waals surface area contributed by atoms with Crippen molar-refractivity contribution in [2.24, 2.45) is 0 Å². The molecule has 6 nitrogen and oxygen atoms in total. The maximum atomic E-state index is 13.5. The number of nitrogens with one attached hydrogen (secondary N) is 1. The molecular weight excluding hydrogens is 382 g/mol. The highest BCUT2D eigenvalue weighted by Crippen LogP contribution is 2.31. The first kappa shape index (κ1) is 20.4. The summed E-state index contributed by atoms with van der Waals surface area (Å²) >= 11 is 0. The molecule has 0 bridgehead atoms. The summed E-state index contributed by atoms with van der Waals surface area (Å²) in [6, 6.07) is 10.1. The van der Waals surface area contributed by atoms with Gasteiger partial charge in [-0.2, -0.15) is 0 Å². The molecule has 1 heterocycles. The molecule has 2 amide bonds. The van der Waals surface area contributed by atoms with Crippen LogP contribution in [0.4, 0.5) is 14.5 Å². The summed E-state index contributed by atoms with van der Waals surface area (Å²) in [5.41, 5.74) is 1.56. The van der Waals surface area contributed by atoms with Gasteiger partial charge in [-0.05, 0) is 37.1 Å². The van der Waals surface area contributed by atoms with Crippen molar-refractivity contribution in [1.29, 1.82) is 0 Å². The van der Waals surface area contributed by atoms with Gasteiger partial charge >= 0.3 is 5.97 Å². The van der Waals surface area contributed by atoms with E-state index in [2.05, 4.69) is 5.32 Å². The van der Waals surface area contributed by atoms with Crippen molar-refractivity contribution in [3.8, 4) is 0 Å². The minimum absolute atomic E-state index is 0.0245. The molecule has 1 N–H and O–H groups in total. The van der Waals surface area contributed by atoms with E-state index in [1.54, 1.807) is 4.90 Å². The van der Waals surface area contributed by atoms with Gasteiger partial charge in [0.2, 0.25) is 0 Å². The average Bonchev–Trinajstić information content (AvgIpc) is 3.01. The molecule has 1 atom stereocenters. The number of esters is 1. The van der Waals surface area contributed by atoms with E-state index in [-0.39, 0.29) is 30.5 Å². The normalized spacial score (nSPS) is 15.0. The van der Waals surface area contributed by atoms with Gasteiger partial charge in [0.15, 0.2) is 6.61 Å². The standard InChI is InChI=1S/C21H20F2N2O4/c1-13-10-14-4-2-3-5-18(14)25(13)19(26)12-29-20(27)8-9-24-21(28)16-7-6-15(22)11-17(16)23/h2-7,11,13H,8-10,12H2,1H3,(H,24,28). The van der Waals surface area contributed by atoms with E-state index in [0.717, 1.165) is 29.8 Å². The largest absolute Gasteiger partial charge is 0.455 e. The number of anilines is 1. The fourth-order valence-electron chi connectivity index (χ4n) is 3.28. The number of carbonyl (C=O) groups is 3. The van der Waals surface area contributed by atoms with Crippen molar-refractivity contribution in [3.05, 3.63) is 65.2 Å². The monoisotopic (exact) mass is 402 g/mol. The average molecular weight is 402 g/mol. The van der Waals surface area contributed by atoms with Crippen LogP contribution in [-0.4, -0.2) is 37.0 Å². The van der Waals surface area contributed by atoms with E-state index in [1.165, 1.54) is 0 Å². The molecule has 8 heteroatoms. The number of para-hydroxylation sites is 1. The molecule has 0 aliphatic carbocycles. The minimum Gasteiger partial charge on any atom is -0.455 e. The van der Waals surface area contributed by atoms with Crippen molar-refractivity contribution >= 4 is 23.5 Å². The van der Waals surface area contributed by atoms with Gasteiger partial charge in [-0.3, -0.25) is 14.4 Å². The first-order valence-corrected chi connectivity index (χ1v) is 9.15. The fraction of sp³-hybridized carbons (Fsp3) is 0.286. The fourth-order valence-corrected chi connectivity index (χ4v) is 3.28. The van der Waals surface area contributed by atoms with Crippen LogP contribution in [-0.2, 0) is 20.7 Å². The Hall–Kier alpha value is -3.29. The van der Waals surface area contributed by atoms with Gasteiger partial charge in [-0.1, -0.05) is 18.2 Å². The maximum Gasteiger partial charge on any atom is 0.308 e. The topological polar surface area (TPSA) is 75.7 Å². The predicted octanol–water partition coefficient (Wildman–Crippen LogP) is 2.61. The lowest BCUT2D eigenvalue weighted by Gasteiger charge is -2.22. The molecule has 0 aromatic heterocycles. The van der Waals surface area contributed by atoms with E-state index in [1.807, 2.05) is 31.2 Å². The summed E-state index contributed by atoms with van der Waals surface area (Å²) in [6.07, 6.45) is 0.551. The van der Waals surface area contributed by atoms with E-state index < -0.39 is 30.1 Å². The molecule has 1 unspecified atom stereocenters. The molecule has 0 fully saturated rings. The lowest BCUT2D eigenvalue weighted by molar-refractivity contribution is -0.147. The number of carbonyl (C=O) groups excluding carboxylic acids is 3. The third kappa shape index (κ3) is 4.77. The zero-order valence-electron chi connectivity index (χ0n) is 15.8. The quantitative estimate of drug-likeness (QED) is 0.754. The van der Waals surface area contributed by atoms with Crippen molar-refractivity contribution in [2.45, 2.75) is 25.8 Å². The number of amides is 2. The molecule has 0 saturated carbocycles. The van der Waals surface area contributed by atoms with Crippen LogP contribution >= 0.6 is 0 Å². The molecular formula is C21H20F2N2O4. The summed E-state index contributed by atoms with van der Waals surface area (Å²) in [5.74, 6) is -3.54. The van der Waals surface area contributed by atoms with Crippen molar-refractivity contribution < 1.29 is 27.9 Å². The molecule has 0 radical (unpaired) electrons. The van der Waals surface area contributed by atoms with E-state index >= 15 is 0 Å². The molecule has 1 aliphatic rings. The Balaban J connectivity index is 1.44. The van der Waals surface area contributed by atoms with Gasteiger partial charge < -0.3 is 15.0 Å². The smallest absolute Gasteiger partial charge is 0.308 e. The second-order valence-electron chi connectivity index (χ2n) is 6.74. The predicted molar refractivity (Wildman–Crippen MR) is 101 cm³/mol. The van der Waals surface area contributed by atoms with Gasteiger partial charge in [-0.25, -0.2) is 8.78 Å². The third-order valence-electron chi connectivity index (χ3n) is 4.62. The number of rotatable bonds is 6. The summed E-state index contributed by atoms with van der Waals surface area (Å²) in [4.78, 5) is 37.8. The van der Waals surface area contributed by atoms with Gasteiger partial charge in [0, 0.05) is 24.3 Å². The lowest BCUT2D eigenvalue weighted by atomic mass is 10.1. The van der Waals surface area contributed by atoms with Crippen LogP contribution in [0.3, 0.4) is 0 Å². The minimum atomic E-state index is -0.990. The zero-order valence-corrected chi connectivity index (χ0v) is 15.8. The van der Waals surface area contributed by atoms with Crippen molar-refractivity contribution in [1.82, 2.24) is 5.32 Å². The van der Waals surface area contributed by atoms with Gasteiger partial charge in [0.05, 0.1) is 12.0 Å². The Morgan fingerprint density at radius 3 is 2.69 bits per heavy atom. The summed E-state index contributed by atoms with van der Waals surface area (Å²) in [5, 5.41) is 2.36. The van der Waals surface area contributed by atoms with Crippen LogP contribution in [0.2, 0.25) is 0 Å². The van der Waals surface area contributed by atoms with Crippen LogP contribution in [0.15, 0.2) is 42.5 Å². The van der Waals surface area contributed by atoms with Crippen LogP contribution in [0.5, 0.6) is 0 Å². The van der Waals surface area contributed by atoms with Gasteiger partial charge in [0.25, 0.3) is 11.8 Å². The number of benzene rings is 2. The summed E-state index contributed by atoms with van der Waals surface area (Å²) in [6.45, 7) is 1.41. The van der Waals surface area contributed by atoms with E-state index in [4.69, 9.17) is 4.74 Å². The van der Waals surface area contributed by atoms with Crippen LogP contribution in [0, 0.1) is 11.6 Å². The van der Waals surface area contributed by atoms with Crippen LogP contribution < -0.4 is 10.2 Å². The third-order valence-corrected chi connectivity index (χ3v) is 4.62. The molecule has 0 spiro atoms. The maximum absolute atomic E-state index is 13.5. The molecule has 2 aromatic rings.